The number of carbonyl (C=O) groups excluding carboxylic acids is 2. The molecule has 3 N–H and O–H groups in total. The predicted molar refractivity (Wildman–Crippen MR) is 84.7 cm³/mol. The van der Waals surface area contributed by atoms with E-state index in [4.69, 9.17) is 5.73 Å². The highest BCUT2D eigenvalue weighted by atomic mass is 16.2. The number of nitrogens with one attached hydrogen (secondary N) is 1. The lowest BCUT2D eigenvalue weighted by atomic mass is 10.1. The number of hydrogen-bond donors (Lipinski definition) is 2. The van der Waals surface area contributed by atoms with Crippen LogP contribution < -0.4 is 11.1 Å². The number of carbonyl (C=O) groups is 2. The minimum atomic E-state index is -0.209. The third kappa shape index (κ3) is 5.19. The maximum absolute atomic E-state index is 11.7. The second-order valence-electron chi connectivity index (χ2n) is 5.56. The molecule has 1 atom stereocenters. The van der Waals surface area contributed by atoms with Gasteiger partial charge in [-0.25, -0.2) is 0 Å². The van der Waals surface area contributed by atoms with Crippen LogP contribution in [0.15, 0.2) is 24.3 Å². The molecule has 0 aliphatic heterocycles. The van der Waals surface area contributed by atoms with Crippen LogP contribution in [0.5, 0.6) is 0 Å². The highest BCUT2D eigenvalue weighted by Crippen LogP contribution is 2.14. The average molecular weight is 291 g/mol. The van der Waals surface area contributed by atoms with Gasteiger partial charge < -0.3 is 16.0 Å². The molecule has 0 aromatic heterocycles. The van der Waals surface area contributed by atoms with Gasteiger partial charge in [0.25, 0.3) is 0 Å². The molecule has 0 aliphatic rings. The molecule has 21 heavy (non-hydrogen) atoms. The highest BCUT2D eigenvalue weighted by molar-refractivity contribution is 5.92. The molecule has 1 aromatic rings. The van der Waals surface area contributed by atoms with E-state index in [0.29, 0.717) is 13.1 Å². The second kappa shape index (κ2) is 7.78. The van der Waals surface area contributed by atoms with Crippen molar-refractivity contribution >= 4 is 17.5 Å². The van der Waals surface area contributed by atoms with Crippen LogP contribution in [0, 0.1) is 5.92 Å². The Morgan fingerprint density at radius 2 is 1.76 bits per heavy atom. The van der Waals surface area contributed by atoms with Crippen LogP contribution in [0.1, 0.15) is 33.3 Å². The zero-order valence-electron chi connectivity index (χ0n) is 13.2. The van der Waals surface area contributed by atoms with E-state index in [1.54, 1.807) is 18.7 Å². The number of benzene rings is 1. The number of nitrogens with two attached hydrogens (primary N) is 1. The van der Waals surface area contributed by atoms with Crippen molar-refractivity contribution in [3.63, 3.8) is 0 Å². The lowest BCUT2D eigenvalue weighted by molar-refractivity contribution is -0.131. The minimum absolute atomic E-state index is 0.0548. The summed E-state index contributed by atoms with van der Waals surface area (Å²) in [5.41, 5.74) is 7.23. The molecule has 0 saturated carbocycles. The van der Waals surface area contributed by atoms with Crippen LogP contribution in [0.4, 0.5) is 5.69 Å². The number of anilines is 1. The van der Waals surface area contributed by atoms with Gasteiger partial charge in [0, 0.05) is 37.7 Å². The number of nitrogens with zero attached hydrogens (tertiary/aromatic N) is 1. The van der Waals surface area contributed by atoms with Crippen LogP contribution in [0.3, 0.4) is 0 Å². The Balaban J connectivity index is 2.70. The first-order valence-electron chi connectivity index (χ1n) is 7.22. The summed E-state index contributed by atoms with van der Waals surface area (Å²) in [5.74, 6) is -0.240. The molecular weight excluding hydrogens is 266 g/mol. The van der Waals surface area contributed by atoms with Gasteiger partial charge in [0.1, 0.15) is 0 Å². The Labute approximate surface area is 126 Å². The van der Waals surface area contributed by atoms with E-state index in [1.807, 2.05) is 38.1 Å². The first kappa shape index (κ1) is 17.2. The molecular formula is C16H25N3O2. The zero-order chi connectivity index (χ0) is 16.0. The molecule has 0 heterocycles. The van der Waals surface area contributed by atoms with E-state index in [-0.39, 0.29) is 23.8 Å². The number of amides is 2. The van der Waals surface area contributed by atoms with Gasteiger partial charge in [-0.1, -0.05) is 19.1 Å². The molecule has 2 amide bonds. The topological polar surface area (TPSA) is 75.4 Å². The molecule has 0 spiro atoms. The van der Waals surface area contributed by atoms with E-state index < -0.39 is 0 Å². The molecule has 1 rings (SSSR count). The van der Waals surface area contributed by atoms with Crippen LogP contribution >= 0.6 is 0 Å². The van der Waals surface area contributed by atoms with Gasteiger partial charge in [0.15, 0.2) is 0 Å². The number of hydrogen-bond acceptors (Lipinski definition) is 3. The summed E-state index contributed by atoms with van der Waals surface area (Å²) in [6.45, 7) is 8.24. The van der Waals surface area contributed by atoms with E-state index in [2.05, 4.69) is 5.32 Å². The standard InChI is InChI=1S/C16H25N3O2/c1-11(2)19(13(4)20)10-14-5-7-15(8-6-14)18-16(21)12(3)9-17/h5-8,11-12H,9-10,17H2,1-4H3,(H,18,21). The fourth-order valence-corrected chi connectivity index (χ4v) is 1.92. The molecule has 0 aliphatic carbocycles. The van der Waals surface area contributed by atoms with E-state index in [1.165, 1.54) is 0 Å². The first-order chi connectivity index (χ1) is 9.85. The Kier molecular flexibility index (Phi) is 6.37. The monoisotopic (exact) mass is 291 g/mol. The van der Waals surface area contributed by atoms with Crippen molar-refractivity contribution < 1.29 is 9.59 Å². The van der Waals surface area contributed by atoms with Gasteiger partial charge in [-0.05, 0) is 31.5 Å². The van der Waals surface area contributed by atoms with Gasteiger partial charge in [-0.15, -0.1) is 0 Å². The predicted octanol–water partition coefficient (Wildman–Crippen LogP) is 1.98. The summed E-state index contributed by atoms with van der Waals surface area (Å²) in [4.78, 5) is 25.1. The normalized spacial score (nSPS) is 12.1. The summed E-state index contributed by atoms with van der Waals surface area (Å²) in [6.07, 6.45) is 0. The molecule has 5 nitrogen and oxygen atoms in total. The van der Waals surface area contributed by atoms with E-state index in [9.17, 15) is 9.59 Å². The lowest BCUT2D eigenvalue weighted by Crippen LogP contribution is -2.34. The SMILES string of the molecule is CC(=O)N(Cc1ccc(NC(=O)C(C)CN)cc1)C(C)C. The maximum atomic E-state index is 11.7. The van der Waals surface area contributed by atoms with Crippen LogP contribution in [0.2, 0.25) is 0 Å². The lowest BCUT2D eigenvalue weighted by Gasteiger charge is -2.25. The van der Waals surface area contributed by atoms with Gasteiger partial charge in [-0.3, -0.25) is 9.59 Å². The van der Waals surface area contributed by atoms with Crippen LogP contribution in [0.25, 0.3) is 0 Å². The van der Waals surface area contributed by atoms with Gasteiger partial charge in [0.05, 0.1) is 0 Å². The maximum Gasteiger partial charge on any atom is 0.228 e. The summed E-state index contributed by atoms with van der Waals surface area (Å²) in [6, 6.07) is 7.68. The van der Waals surface area contributed by atoms with Crippen molar-refractivity contribution in [2.24, 2.45) is 11.7 Å². The van der Waals surface area contributed by atoms with Crippen molar-refractivity contribution in [3.8, 4) is 0 Å². The van der Waals surface area contributed by atoms with Crippen molar-refractivity contribution in [2.75, 3.05) is 11.9 Å². The fraction of sp³-hybridized carbons (Fsp3) is 0.500. The first-order valence-corrected chi connectivity index (χ1v) is 7.22. The smallest absolute Gasteiger partial charge is 0.228 e. The molecule has 0 bridgehead atoms. The largest absolute Gasteiger partial charge is 0.336 e. The van der Waals surface area contributed by atoms with Crippen molar-refractivity contribution in [1.82, 2.24) is 4.90 Å². The molecule has 1 unspecified atom stereocenters. The Morgan fingerprint density at radius 1 is 1.19 bits per heavy atom. The summed E-state index contributed by atoms with van der Waals surface area (Å²) >= 11 is 0. The third-order valence-corrected chi connectivity index (χ3v) is 3.40. The third-order valence-electron chi connectivity index (χ3n) is 3.40. The molecule has 1 aromatic carbocycles. The molecule has 5 heteroatoms. The Morgan fingerprint density at radius 3 is 2.19 bits per heavy atom. The fourth-order valence-electron chi connectivity index (χ4n) is 1.92. The highest BCUT2D eigenvalue weighted by Gasteiger charge is 2.13. The van der Waals surface area contributed by atoms with E-state index in [0.717, 1.165) is 11.3 Å². The van der Waals surface area contributed by atoms with Crippen LogP contribution in [-0.2, 0) is 16.1 Å². The summed E-state index contributed by atoms with van der Waals surface area (Å²) in [5, 5.41) is 2.82. The summed E-state index contributed by atoms with van der Waals surface area (Å²) < 4.78 is 0. The average Bonchev–Trinajstić information content (AvgIpc) is 2.44. The molecule has 0 radical (unpaired) electrons. The van der Waals surface area contributed by atoms with Gasteiger partial charge in [-0.2, -0.15) is 0 Å². The van der Waals surface area contributed by atoms with E-state index >= 15 is 0 Å². The Hall–Kier alpha value is -1.88. The van der Waals surface area contributed by atoms with Gasteiger partial charge >= 0.3 is 0 Å². The molecule has 116 valence electrons. The summed E-state index contributed by atoms with van der Waals surface area (Å²) in [7, 11) is 0. The van der Waals surface area contributed by atoms with Crippen molar-refractivity contribution in [1.29, 1.82) is 0 Å². The second-order valence-corrected chi connectivity index (χ2v) is 5.56. The minimum Gasteiger partial charge on any atom is -0.336 e. The quantitative estimate of drug-likeness (QED) is 0.841. The molecule has 0 saturated heterocycles. The number of rotatable bonds is 6. The van der Waals surface area contributed by atoms with Crippen molar-refractivity contribution in [2.45, 2.75) is 40.3 Å². The van der Waals surface area contributed by atoms with Crippen LogP contribution in [-0.4, -0.2) is 29.3 Å². The Bertz CT molecular complexity index is 483. The molecule has 0 fully saturated rings. The zero-order valence-corrected chi connectivity index (χ0v) is 13.2. The van der Waals surface area contributed by atoms with Crippen molar-refractivity contribution in [3.05, 3.63) is 29.8 Å². The van der Waals surface area contributed by atoms with Gasteiger partial charge in [0.2, 0.25) is 11.8 Å².